The molecule has 1 aromatic carbocycles. The maximum atomic E-state index is 5.88. The molecular formula is C15H13ClN4. The Morgan fingerprint density at radius 2 is 1.85 bits per heavy atom. The van der Waals surface area contributed by atoms with Gasteiger partial charge in [0, 0.05) is 23.5 Å². The van der Waals surface area contributed by atoms with Gasteiger partial charge in [0.2, 0.25) is 0 Å². The average Bonchev–Trinajstić information content (AvgIpc) is 2.88. The fourth-order valence-corrected chi connectivity index (χ4v) is 1.99. The molecule has 2 heterocycles. The lowest BCUT2D eigenvalue weighted by molar-refractivity contribution is 0.884. The van der Waals surface area contributed by atoms with E-state index in [2.05, 4.69) is 15.4 Å². The van der Waals surface area contributed by atoms with Crippen LogP contribution < -0.4 is 5.32 Å². The molecule has 3 aromatic rings. The zero-order valence-corrected chi connectivity index (χ0v) is 11.7. The number of halogens is 1. The summed E-state index contributed by atoms with van der Waals surface area (Å²) in [5, 5.41) is 8.35. The summed E-state index contributed by atoms with van der Waals surface area (Å²) in [6, 6.07) is 13.4. The highest BCUT2D eigenvalue weighted by Gasteiger charge is 2.02. The molecule has 0 radical (unpaired) electrons. The minimum Gasteiger partial charge on any atom is -0.323 e. The predicted octanol–water partition coefficient (Wildman–Crippen LogP) is 3.97. The van der Waals surface area contributed by atoms with E-state index in [4.69, 9.17) is 11.6 Å². The van der Waals surface area contributed by atoms with E-state index in [1.807, 2.05) is 55.6 Å². The molecule has 1 N–H and O–H groups in total. The van der Waals surface area contributed by atoms with Gasteiger partial charge in [-0.15, -0.1) is 0 Å². The maximum absolute atomic E-state index is 5.88. The van der Waals surface area contributed by atoms with Crippen LogP contribution in [0.4, 0.5) is 11.6 Å². The molecule has 3 rings (SSSR count). The van der Waals surface area contributed by atoms with Gasteiger partial charge in [0.05, 0.1) is 5.69 Å². The van der Waals surface area contributed by atoms with E-state index in [0.29, 0.717) is 5.02 Å². The van der Waals surface area contributed by atoms with Gasteiger partial charge in [-0.2, -0.15) is 5.10 Å². The number of aryl methyl sites for hydroxylation is 1. The summed E-state index contributed by atoms with van der Waals surface area (Å²) < 4.78 is 1.79. The second-order valence-corrected chi connectivity index (χ2v) is 4.90. The number of nitrogens with zero attached hydrogens (tertiary/aromatic N) is 3. The number of nitrogens with one attached hydrogen (secondary N) is 1. The lowest BCUT2D eigenvalue weighted by atomic mass is 10.3. The van der Waals surface area contributed by atoms with Gasteiger partial charge in [0.1, 0.15) is 5.82 Å². The van der Waals surface area contributed by atoms with Crippen molar-refractivity contribution in [2.75, 3.05) is 5.32 Å². The zero-order valence-electron chi connectivity index (χ0n) is 10.9. The molecule has 0 aliphatic carbocycles. The second kappa shape index (κ2) is 5.35. The largest absolute Gasteiger partial charge is 0.323 e. The van der Waals surface area contributed by atoms with Crippen molar-refractivity contribution in [1.82, 2.24) is 14.8 Å². The van der Waals surface area contributed by atoms with Crippen molar-refractivity contribution in [3.63, 3.8) is 0 Å². The van der Waals surface area contributed by atoms with Crippen LogP contribution in [0.2, 0.25) is 5.02 Å². The summed E-state index contributed by atoms with van der Waals surface area (Å²) in [7, 11) is 0. The molecule has 0 bridgehead atoms. The Hall–Kier alpha value is -2.33. The zero-order chi connectivity index (χ0) is 13.9. The van der Waals surface area contributed by atoms with E-state index in [0.717, 1.165) is 22.9 Å². The van der Waals surface area contributed by atoms with Crippen LogP contribution >= 0.6 is 11.6 Å². The van der Waals surface area contributed by atoms with Gasteiger partial charge in [0.15, 0.2) is 5.82 Å². The number of hydrogen-bond donors (Lipinski definition) is 1. The van der Waals surface area contributed by atoms with E-state index in [9.17, 15) is 0 Å². The quantitative estimate of drug-likeness (QED) is 0.791. The Labute approximate surface area is 122 Å². The summed E-state index contributed by atoms with van der Waals surface area (Å²) in [6.45, 7) is 2.03. The second-order valence-electron chi connectivity index (χ2n) is 4.47. The summed E-state index contributed by atoms with van der Waals surface area (Å²) in [4.78, 5) is 4.25. The van der Waals surface area contributed by atoms with Crippen LogP contribution in [0, 0.1) is 6.92 Å². The first-order valence-electron chi connectivity index (χ1n) is 6.22. The first kappa shape index (κ1) is 12.7. The fraction of sp³-hybridized carbons (Fsp3) is 0.0667. The van der Waals surface area contributed by atoms with E-state index in [1.54, 1.807) is 10.9 Å². The van der Waals surface area contributed by atoms with Crippen LogP contribution in [0.15, 0.2) is 54.9 Å². The maximum Gasteiger partial charge on any atom is 0.153 e. The van der Waals surface area contributed by atoms with Gasteiger partial charge < -0.3 is 5.32 Å². The van der Waals surface area contributed by atoms with E-state index in [1.165, 1.54) is 0 Å². The third kappa shape index (κ3) is 2.81. The van der Waals surface area contributed by atoms with Gasteiger partial charge in [0.25, 0.3) is 0 Å². The van der Waals surface area contributed by atoms with Crippen LogP contribution in [-0.4, -0.2) is 14.8 Å². The van der Waals surface area contributed by atoms with Crippen LogP contribution in [0.25, 0.3) is 5.69 Å². The summed E-state index contributed by atoms with van der Waals surface area (Å²) in [5.74, 6) is 1.53. The molecule has 0 aliphatic heterocycles. The normalized spacial score (nSPS) is 10.5. The van der Waals surface area contributed by atoms with E-state index < -0.39 is 0 Å². The first-order valence-corrected chi connectivity index (χ1v) is 6.60. The van der Waals surface area contributed by atoms with Crippen molar-refractivity contribution < 1.29 is 0 Å². The minimum absolute atomic E-state index is 0.711. The molecule has 5 heteroatoms. The third-order valence-corrected chi connectivity index (χ3v) is 3.10. The van der Waals surface area contributed by atoms with Crippen molar-refractivity contribution in [2.24, 2.45) is 0 Å². The van der Waals surface area contributed by atoms with E-state index in [-0.39, 0.29) is 0 Å². The highest BCUT2D eigenvalue weighted by molar-refractivity contribution is 6.30. The lowest BCUT2D eigenvalue weighted by Crippen LogP contribution is -1.98. The van der Waals surface area contributed by atoms with Crippen molar-refractivity contribution in [3.05, 3.63) is 65.4 Å². The lowest BCUT2D eigenvalue weighted by Gasteiger charge is -2.03. The van der Waals surface area contributed by atoms with Crippen LogP contribution in [0.5, 0.6) is 0 Å². The van der Waals surface area contributed by atoms with Crippen LogP contribution in [0.3, 0.4) is 0 Å². The fourth-order valence-electron chi connectivity index (χ4n) is 1.86. The summed E-state index contributed by atoms with van der Waals surface area (Å²) in [5.41, 5.74) is 2.11. The Morgan fingerprint density at radius 1 is 1.05 bits per heavy atom. The third-order valence-electron chi connectivity index (χ3n) is 2.85. The summed E-state index contributed by atoms with van der Waals surface area (Å²) in [6.07, 6.45) is 3.66. The van der Waals surface area contributed by atoms with Gasteiger partial charge in [-0.05, 0) is 48.9 Å². The van der Waals surface area contributed by atoms with Gasteiger partial charge in [-0.25, -0.2) is 9.67 Å². The molecule has 0 saturated heterocycles. The predicted molar refractivity (Wildman–Crippen MR) is 80.8 cm³/mol. The molecule has 0 saturated carbocycles. The molecule has 0 spiro atoms. The molecule has 0 fully saturated rings. The van der Waals surface area contributed by atoms with Gasteiger partial charge in [-0.1, -0.05) is 11.6 Å². The monoisotopic (exact) mass is 284 g/mol. The highest BCUT2D eigenvalue weighted by atomic mass is 35.5. The smallest absolute Gasteiger partial charge is 0.153 e. The van der Waals surface area contributed by atoms with Crippen molar-refractivity contribution in [1.29, 1.82) is 0 Å². The molecule has 2 aromatic heterocycles. The number of hydrogen-bond acceptors (Lipinski definition) is 3. The molecule has 100 valence electrons. The Kier molecular flexibility index (Phi) is 3.39. The number of rotatable bonds is 3. The average molecular weight is 285 g/mol. The van der Waals surface area contributed by atoms with Crippen molar-refractivity contribution in [2.45, 2.75) is 6.92 Å². The standard InChI is InChI=1S/C15H13ClN4/c1-11-6-8-17-15(10-11)18-14-7-9-20(19-14)13-4-2-12(16)3-5-13/h2-10H,1H3,(H,17,18,19). The topological polar surface area (TPSA) is 42.7 Å². The number of benzene rings is 1. The number of aromatic nitrogens is 3. The Morgan fingerprint density at radius 3 is 2.60 bits per heavy atom. The summed E-state index contributed by atoms with van der Waals surface area (Å²) >= 11 is 5.88. The molecule has 0 unspecified atom stereocenters. The first-order chi connectivity index (χ1) is 9.70. The molecule has 4 nitrogen and oxygen atoms in total. The SMILES string of the molecule is Cc1ccnc(Nc2ccn(-c3ccc(Cl)cc3)n2)c1. The molecule has 20 heavy (non-hydrogen) atoms. The molecule has 0 amide bonds. The number of pyridine rings is 1. The van der Waals surface area contributed by atoms with Crippen LogP contribution in [0.1, 0.15) is 5.56 Å². The number of anilines is 2. The van der Waals surface area contributed by atoms with E-state index >= 15 is 0 Å². The Balaban J connectivity index is 1.82. The molecule has 0 atom stereocenters. The molecule has 0 aliphatic rings. The van der Waals surface area contributed by atoms with Crippen LogP contribution in [-0.2, 0) is 0 Å². The van der Waals surface area contributed by atoms with Gasteiger partial charge in [-0.3, -0.25) is 0 Å². The minimum atomic E-state index is 0.711. The molecular weight excluding hydrogens is 272 g/mol. The highest BCUT2D eigenvalue weighted by Crippen LogP contribution is 2.16. The van der Waals surface area contributed by atoms with Crippen molar-refractivity contribution >= 4 is 23.2 Å². The Bertz CT molecular complexity index is 719. The van der Waals surface area contributed by atoms with Gasteiger partial charge >= 0.3 is 0 Å². The van der Waals surface area contributed by atoms with Crippen molar-refractivity contribution in [3.8, 4) is 5.69 Å².